The fourth-order valence-corrected chi connectivity index (χ4v) is 2.88. The average Bonchev–Trinajstić information content (AvgIpc) is 2.86. The molecule has 88 valence electrons. The maximum atomic E-state index is 12.1. The average molecular weight is 230 g/mol. The summed E-state index contributed by atoms with van der Waals surface area (Å²) in [7, 11) is 0. The highest BCUT2D eigenvalue weighted by Gasteiger charge is 2.59. The SMILES string of the molecule is NC(=O)C1C2CN(C(=O)c3ccccc3)CC21. The lowest BCUT2D eigenvalue weighted by Crippen LogP contribution is -2.33. The van der Waals surface area contributed by atoms with Crippen LogP contribution in [0.5, 0.6) is 0 Å². The number of carbonyl (C=O) groups is 2. The maximum absolute atomic E-state index is 12.1. The number of primary amides is 1. The van der Waals surface area contributed by atoms with Crippen molar-refractivity contribution in [2.45, 2.75) is 0 Å². The molecular formula is C13H14N2O2. The number of likely N-dealkylation sites (tertiary alicyclic amines) is 1. The molecule has 1 aliphatic heterocycles. The summed E-state index contributed by atoms with van der Waals surface area (Å²) in [5.41, 5.74) is 5.99. The fraction of sp³-hybridized carbons (Fsp3) is 0.385. The molecular weight excluding hydrogens is 216 g/mol. The van der Waals surface area contributed by atoms with Crippen LogP contribution in [0.4, 0.5) is 0 Å². The van der Waals surface area contributed by atoms with Crippen molar-refractivity contribution in [3.05, 3.63) is 35.9 Å². The molecule has 2 N–H and O–H groups in total. The summed E-state index contributed by atoms with van der Waals surface area (Å²) in [4.78, 5) is 25.0. The lowest BCUT2D eigenvalue weighted by Gasteiger charge is -2.19. The molecule has 1 aromatic rings. The molecule has 2 fully saturated rings. The number of piperidine rings is 1. The van der Waals surface area contributed by atoms with Gasteiger partial charge < -0.3 is 10.6 Å². The molecule has 1 heterocycles. The molecule has 1 aromatic carbocycles. The van der Waals surface area contributed by atoms with E-state index in [0.29, 0.717) is 30.5 Å². The van der Waals surface area contributed by atoms with Crippen LogP contribution >= 0.6 is 0 Å². The predicted octanol–water partition coefficient (Wildman–Crippen LogP) is 0.490. The largest absolute Gasteiger partial charge is 0.369 e. The van der Waals surface area contributed by atoms with Crippen LogP contribution in [0, 0.1) is 17.8 Å². The van der Waals surface area contributed by atoms with Crippen LogP contribution in [0.1, 0.15) is 10.4 Å². The van der Waals surface area contributed by atoms with E-state index in [-0.39, 0.29) is 17.7 Å². The highest BCUT2D eigenvalue weighted by molar-refractivity contribution is 5.95. The topological polar surface area (TPSA) is 63.4 Å². The van der Waals surface area contributed by atoms with E-state index in [1.165, 1.54) is 0 Å². The lowest BCUT2D eigenvalue weighted by molar-refractivity contribution is -0.120. The Morgan fingerprint density at radius 1 is 1.12 bits per heavy atom. The molecule has 2 amide bonds. The third-order valence-corrected chi connectivity index (χ3v) is 3.83. The normalized spacial score (nSPS) is 29.9. The molecule has 1 saturated heterocycles. The van der Waals surface area contributed by atoms with Crippen molar-refractivity contribution >= 4 is 11.8 Å². The van der Waals surface area contributed by atoms with Gasteiger partial charge in [-0.3, -0.25) is 9.59 Å². The van der Waals surface area contributed by atoms with Crippen LogP contribution in [-0.4, -0.2) is 29.8 Å². The lowest BCUT2D eigenvalue weighted by atomic mass is 10.2. The van der Waals surface area contributed by atoms with Gasteiger partial charge in [-0.05, 0) is 24.0 Å². The molecule has 0 bridgehead atoms. The van der Waals surface area contributed by atoms with Gasteiger partial charge in [-0.25, -0.2) is 0 Å². The van der Waals surface area contributed by atoms with E-state index in [1.54, 1.807) is 0 Å². The van der Waals surface area contributed by atoms with Crippen LogP contribution in [-0.2, 0) is 4.79 Å². The number of nitrogens with two attached hydrogens (primary N) is 1. The highest BCUT2D eigenvalue weighted by Crippen LogP contribution is 2.51. The van der Waals surface area contributed by atoms with E-state index in [2.05, 4.69) is 0 Å². The molecule has 3 rings (SSSR count). The van der Waals surface area contributed by atoms with Crippen LogP contribution in [0.25, 0.3) is 0 Å². The number of amides is 2. The van der Waals surface area contributed by atoms with Gasteiger partial charge in [0, 0.05) is 24.6 Å². The first-order valence-electron chi connectivity index (χ1n) is 5.82. The summed E-state index contributed by atoms with van der Waals surface area (Å²) in [6.45, 7) is 1.35. The van der Waals surface area contributed by atoms with Gasteiger partial charge in [0.15, 0.2) is 0 Å². The van der Waals surface area contributed by atoms with Crippen molar-refractivity contribution in [1.29, 1.82) is 0 Å². The molecule has 1 aliphatic carbocycles. The van der Waals surface area contributed by atoms with Crippen LogP contribution in [0.2, 0.25) is 0 Å². The quantitative estimate of drug-likeness (QED) is 0.803. The monoisotopic (exact) mass is 230 g/mol. The van der Waals surface area contributed by atoms with Gasteiger partial charge in [0.1, 0.15) is 0 Å². The zero-order valence-corrected chi connectivity index (χ0v) is 9.37. The molecule has 0 spiro atoms. The Kier molecular flexibility index (Phi) is 2.18. The van der Waals surface area contributed by atoms with E-state index < -0.39 is 0 Å². The molecule has 2 unspecified atom stereocenters. The molecule has 2 atom stereocenters. The predicted molar refractivity (Wildman–Crippen MR) is 62.0 cm³/mol. The van der Waals surface area contributed by atoms with Crippen molar-refractivity contribution in [2.75, 3.05) is 13.1 Å². The van der Waals surface area contributed by atoms with Crippen molar-refractivity contribution in [3.8, 4) is 0 Å². The fourth-order valence-electron chi connectivity index (χ4n) is 2.88. The highest BCUT2D eigenvalue weighted by atomic mass is 16.2. The van der Waals surface area contributed by atoms with Gasteiger partial charge in [-0.2, -0.15) is 0 Å². The van der Waals surface area contributed by atoms with Gasteiger partial charge in [0.25, 0.3) is 5.91 Å². The van der Waals surface area contributed by atoms with E-state index >= 15 is 0 Å². The molecule has 1 saturated carbocycles. The first-order valence-corrected chi connectivity index (χ1v) is 5.82. The van der Waals surface area contributed by atoms with Crippen molar-refractivity contribution in [3.63, 3.8) is 0 Å². The zero-order chi connectivity index (χ0) is 12.0. The van der Waals surface area contributed by atoms with E-state index in [9.17, 15) is 9.59 Å². The third kappa shape index (κ3) is 1.60. The number of rotatable bonds is 2. The number of nitrogens with zero attached hydrogens (tertiary/aromatic N) is 1. The van der Waals surface area contributed by atoms with Crippen molar-refractivity contribution in [1.82, 2.24) is 4.90 Å². The van der Waals surface area contributed by atoms with Crippen molar-refractivity contribution in [2.24, 2.45) is 23.5 Å². The molecule has 2 aliphatic rings. The minimum Gasteiger partial charge on any atom is -0.369 e. The summed E-state index contributed by atoms with van der Waals surface area (Å²) >= 11 is 0. The van der Waals surface area contributed by atoms with E-state index in [1.807, 2.05) is 35.2 Å². The second-order valence-corrected chi connectivity index (χ2v) is 4.83. The molecule has 0 radical (unpaired) electrons. The molecule has 4 heteroatoms. The van der Waals surface area contributed by atoms with Gasteiger partial charge in [0.2, 0.25) is 5.91 Å². The first kappa shape index (κ1) is 10.3. The van der Waals surface area contributed by atoms with Gasteiger partial charge >= 0.3 is 0 Å². The summed E-state index contributed by atoms with van der Waals surface area (Å²) in [6, 6.07) is 9.24. The Morgan fingerprint density at radius 2 is 1.71 bits per heavy atom. The Balaban J connectivity index is 1.67. The minimum absolute atomic E-state index is 0.00910. The van der Waals surface area contributed by atoms with Gasteiger partial charge in [0.05, 0.1) is 0 Å². The Hall–Kier alpha value is -1.84. The molecule has 17 heavy (non-hydrogen) atoms. The number of carbonyl (C=O) groups excluding carboxylic acids is 2. The van der Waals surface area contributed by atoms with Crippen molar-refractivity contribution < 1.29 is 9.59 Å². The Morgan fingerprint density at radius 3 is 2.24 bits per heavy atom. The number of hydrogen-bond acceptors (Lipinski definition) is 2. The second-order valence-electron chi connectivity index (χ2n) is 4.83. The number of fused-ring (bicyclic) bond motifs is 1. The molecule has 4 nitrogen and oxygen atoms in total. The number of hydrogen-bond donors (Lipinski definition) is 1. The first-order chi connectivity index (χ1) is 8.18. The van der Waals surface area contributed by atoms with Gasteiger partial charge in [-0.15, -0.1) is 0 Å². The smallest absolute Gasteiger partial charge is 0.253 e. The second kappa shape index (κ2) is 3.58. The van der Waals surface area contributed by atoms with E-state index in [0.717, 1.165) is 0 Å². The summed E-state index contributed by atoms with van der Waals surface area (Å²) in [5.74, 6) is 0.461. The van der Waals surface area contributed by atoms with E-state index in [4.69, 9.17) is 5.73 Å². The van der Waals surface area contributed by atoms with Crippen LogP contribution < -0.4 is 5.73 Å². The summed E-state index contributed by atoms with van der Waals surface area (Å²) < 4.78 is 0. The number of benzene rings is 1. The zero-order valence-electron chi connectivity index (χ0n) is 9.37. The molecule has 0 aromatic heterocycles. The third-order valence-electron chi connectivity index (χ3n) is 3.83. The van der Waals surface area contributed by atoms with Crippen LogP contribution in [0.3, 0.4) is 0 Å². The minimum atomic E-state index is -0.216. The Bertz CT molecular complexity index is 460. The summed E-state index contributed by atoms with van der Waals surface area (Å²) in [6.07, 6.45) is 0. The van der Waals surface area contributed by atoms with Gasteiger partial charge in [-0.1, -0.05) is 18.2 Å². The Labute approximate surface area is 99.4 Å². The van der Waals surface area contributed by atoms with Crippen LogP contribution in [0.15, 0.2) is 30.3 Å². The maximum Gasteiger partial charge on any atom is 0.253 e. The summed E-state index contributed by atoms with van der Waals surface area (Å²) in [5, 5.41) is 0. The standard InChI is InChI=1S/C13H14N2O2/c14-12(16)11-9-6-15(7-10(9)11)13(17)8-4-2-1-3-5-8/h1-5,9-11H,6-7H2,(H2,14,16).